The van der Waals surface area contributed by atoms with Crippen LogP contribution < -0.4 is 5.32 Å². The van der Waals surface area contributed by atoms with Crippen LogP contribution in [-0.2, 0) is 11.3 Å². The van der Waals surface area contributed by atoms with Crippen LogP contribution in [0.25, 0.3) is 0 Å². The van der Waals surface area contributed by atoms with Gasteiger partial charge in [-0.05, 0) is 25.8 Å². The van der Waals surface area contributed by atoms with Crippen LogP contribution >= 0.6 is 0 Å². The maximum Gasteiger partial charge on any atom is 0.194 e. The molecule has 1 aromatic carbocycles. The minimum atomic E-state index is -0.565. The second kappa shape index (κ2) is 6.83. The van der Waals surface area contributed by atoms with E-state index in [4.69, 9.17) is 4.74 Å². The molecule has 4 nitrogen and oxygen atoms in total. The molecule has 0 radical (unpaired) electrons. The van der Waals surface area contributed by atoms with E-state index in [1.165, 1.54) is 12.1 Å². The van der Waals surface area contributed by atoms with Gasteiger partial charge in [0.15, 0.2) is 5.96 Å². The lowest BCUT2D eigenvalue weighted by Gasteiger charge is -2.25. The molecule has 0 bridgehead atoms. The van der Waals surface area contributed by atoms with Gasteiger partial charge in [0.2, 0.25) is 0 Å². The summed E-state index contributed by atoms with van der Waals surface area (Å²) < 4.78 is 32.3. The third kappa shape index (κ3) is 3.63. The Kier molecular flexibility index (Phi) is 4.80. The van der Waals surface area contributed by atoms with E-state index in [9.17, 15) is 8.78 Å². The van der Waals surface area contributed by atoms with Crippen molar-refractivity contribution in [2.24, 2.45) is 10.4 Å². The molecule has 2 aliphatic rings. The molecule has 1 spiro atoms. The first-order valence-corrected chi connectivity index (χ1v) is 8.17. The monoisotopic (exact) mass is 323 g/mol. The van der Waals surface area contributed by atoms with Crippen LogP contribution in [0, 0.1) is 17.0 Å². The number of rotatable bonds is 3. The molecule has 1 N–H and O–H groups in total. The van der Waals surface area contributed by atoms with Crippen LogP contribution in [0.1, 0.15) is 25.3 Å². The number of halogens is 2. The molecule has 126 valence electrons. The normalized spacial score (nSPS) is 24.7. The molecule has 6 heteroatoms. The largest absolute Gasteiger partial charge is 0.381 e. The lowest BCUT2D eigenvalue weighted by molar-refractivity contribution is 0.156. The third-order valence-corrected chi connectivity index (χ3v) is 4.67. The number of hydrogen-bond acceptors (Lipinski definition) is 2. The van der Waals surface area contributed by atoms with E-state index in [0.717, 1.165) is 57.7 Å². The molecular formula is C17H23F2N3O. The molecule has 1 unspecified atom stereocenters. The summed E-state index contributed by atoms with van der Waals surface area (Å²) in [6.07, 6.45) is 2.19. The van der Waals surface area contributed by atoms with Gasteiger partial charge in [0.1, 0.15) is 11.6 Å². The molecule has 3 rings (SSSR count). The Balaban J connectivity index is 1.71. The molecule has 2 saturated heterocycles. The molecule has 0 aliphatic carbocycles. The summed E-state index contributed by atoms with van der Waals surface area (Å²) in [6, 6.07) is 3.62. The molecule has 2 aliphatic heterocycles. The van der Waals surface area contributed by atoms with Crippen molar-refractivity contribution in [2.75, 3.05) is 32.8 Å². The van der Waals surface area contributed by atoms with Gasteiger partial charge < -0.3 is 15.0 Å². The SMILES string of the molecule is CCNC(=NCc1ccc(F)cc1F)N1CCC2(CCOC2)C1. The predicted octanol–water partition coefficient (Wildman–Crippen LogP) is 2.54. The van der Waals surface area contributed by atoms with Crippen LogP contribution in [0.2, 0.25) is 0 Å². The maximum absolute atomic E-state index is 13.7. The number of benzene rings is 1. The molecule has 23 heavy (non-hydrogen) atoms. The van der Waals surface area contributed by atoms with Gasteiger partial charge in [0.05, 0.1) is 13.2 Å². The molecule has 0 saturated carbocycles. The predicted molar refractivity (Wildman–Crippen MR) is 85.2 cm³/mol. The fraction of sp³-hybridized carbons (Fsp3) is 0.588. The second-order valence-electron chi connectivity index (χ2n) is 6.38. The van der Waals surface area contributed by atoms with E-state index in [-0.39, 0.29) is 12.0 Å². The van der Waals surface area contributed by atoms with Crippen LogP contribution in [0.3, 0.4) is 0 Å². The summed E-state index contributed by atoms with van der Waals surface area (Å²) in [5, 5.41) is 3.27. The zero-order valence-corrected chi connectivity index (χ0v) is 13.4. The summed E-state index contributed by atoms with van der Waals surface area (Å²) in [5.74, 6) is -0.323. The first-order valence-electron chi connectivity index (χ1n) is 8.17. The lowest BCUT2D eigenvalue weighted by atomic mass is 9.87. The Morgan fingerprint density at radius 3 is 2.96 bits per heavy atom. The Labute approximate surface area is 135 Å². The van der Waals surface area contributed by atoms with Gasteiger partial charge in [-0.25, -0.2) is 13.8 Å². The van der Waals surface area contributed by atoms with Crippen LogP contribution in [-0.4, -0.2) is 43.7 Å². The van der Waals surface area contributed by atoms with E-state index in [2.05, 4.69) is 15.2 Å². The molecule has 2 fully saturated rings. The highest BCUT2D eigenvalue weighted by molar-refractivity contribution is 5.80. The van der Waals surface area contributed by atoms with E-state index in [1.807, 2.05) is 6.92 Å². The number of likely N-dealkylation sites (tertiary alicyclic amines) is 1. The third-order valence-electron chi connectivity index (χ3n) is 4.67. The Hall–Kier alpha value is -1.69. The van der Waals surface area contributed by atoms with Crippen molar-refractivity contribution in [1.29, 1.82) is 0 Å². The molecule has 1 aromatic rings. The molecule has 1 atom stereocenters. The fourth-order valence-corrected chi connectivity index (χ4v) is 3.32. The fourth-order valence-electron chi connectivity index (χ4n) is 3.32. The smallest absolute Gasteiger partial charge is 0.194 e. The first-order chi connectivity index (χ1) is 11.1. The summed E-state index contributed by atoms with van der Waals surface area (Å²) in [4.78, 5) is 6.76. The van der Waals surface area contributed by atoms with Gasteiger partial charge in [-0.1, -0.05) is 6.07 Å². The van der Waals surface area contributed by atoms with Gasteiger partial charge in [-0.3, -0.25) is 0 Å². The number of ether oxygens (including phenoxy) is 1. The van der Waals surface area contributed by atoms with Gasteiger partial charge >= 0.3 is 0 Å². The lowest BCUT2D eigenvalue weighted by Crippen LogP contribution is -2.41. The molecule has 0 amide bonds. The van der Waals surface area contributed by atoms with E-state index >= 15 is 0 Å². The van der Waals surface area contributed by atoms with E-state index < -0.39 is 11.6 Å². The van der Waals surface area contributed by atoms with Crippen molar-refractivity contribution in [2.45, 2.75) is 26.3 Å². The van der Waals surface area contributed by atoms with Crippen LogP contribution in [0.15, 0.2) is 23.2 Å². The first kappa shape index (κ1) is 16.2. The number of nitrogens with zero attached hydrogens (tertiary/aromatic N) is 2. The van der Waals surface area contributed by atoms with E-state index in [0.29, 0.717) is 5.56 Å². The Morgan fingerprint density at radius 2 is 2.26 bits per heavy atom. The van der Waals surface area contributed by atoms with E-state index in [1.54, 1.807) is 0 Å². The average Bonchev–Trinajstić information content (AvgIpc) is 3.16. The van der Waals surface area contributed by atoms with Crippen molar-refractivity contribution in [3.8, 4) is 0 Å². The van der Waals surface area contributed by atoms with Crippen LogP contribution in [0.5, 0.6) is 0 Å². The minimum Gasteiger partial charge on any atom is -0.381 e. The quantitative estimate of drug-likeness (QED) is 0.686. The molecule has 0 aromatic heterocycles. The van der Waals surface area contributed by atoms with Crippen molar-refractivity contribution >= 4 is 5.96 Å². The van der Waals surface area contributed by atoms with Crippen molar-refractivity contribution in [3.63, 3.8) is 0 Å². The standard InChI is InChI=1S/C17H23F2N3O/c1-2-20-16(21-10-13-3-4-14(18)9-15(13)19)22-7-5-17(11-22)6-8-23-12-17/h3-4,9H,2,5-8,10-12H2,1H3,(H,20,21). The Morgan fingerprint density at radius 1 is 1.39 bits per heavy atom. The minimum absolute atomic E-state index is 0.203. The number of nitrogens with one attached hydrogen (secondary N) is 1. The molecule has 2 heterocycles. The zero-order valence-electron chi connectivity index (χ0n) is 13.4. The summed E-state index contributed by atoms with van der Waals surface area (Å²) in [7, 11) is 0. The summed E-state index contributed by atoms with van der Waals surface area (Å²) in [5.41, 5.74) is 0.650. The molecular weight excluding hydrogens is 300 g/mol. The Bertz CT molecular complexity index is 585. The van der Waals surface area contributed by atoms with Crippen molar-refractivity contribution in [3.05, 3.63) is 35.4 Å². The van der Waals surface area contributed by atoms with Crippen LogP contribution in [0.4, 0.5) is 8.78 Å². The summed E-state index contributed by atoms with van der Waals surface area (Å²) in [6.45, 7) is 6.47. The van der Waals surface area contributed by atoms with Crippen molar-refractivity contribution < 1.29 is 13.5 Å². The highest BCUT2D eigenvalue weighted by atomic mass is 19.1. The van der Waals surface area contributed by atoms with Gasteiger partial charge in [0, 0.05) is 43.3 Å². The highest BCUT2D eigenvalue weighted by Crippen LogP contribution is 2.38. The van der Waals surface area contributed by atoms with Gasteiger partial charge in [-0.2, -0.15) is 0 Å². The van der Waals surface area contributed by atoms with Gasteiger partial charge in [-0.15, -0.1) is 0 Å². The second-order valence-corrected chi connectivity index (χ2v) is 6.38. The topological polar surface area (TPSA) is 36.9 Å². The van der Waals surface area contributed by atoms with Gasteiger partial charge in [0.25, 0.3) is 0 Å². The number of guanidine groups is 1. The highest BCUT2D eigenvalue weighted by Gasteiger charge is 2.42. The number of hydrogen-bond donors (Lipinski definition) is 1. The summed E-state index contributed by atoms with van der Waals surface area (Å²) >= 11 is 0. The number of aliphatic imine (C=N–C) groups is 1. The van der Waals surface area contributed by atoms with Crippen molar-refractivity contribution in [1.82, 2.24) is 10.2 Å². The maximum atomic E-state index is 13.7. The zero-order chi connectivity index (χ0) is 16.3. The average molecular weight is 323 g/mol.